The van der Waals surface area contributed by atoms with Crippen LogP contribution in [0.5, 0.6) is 0 Å². The predicted octanol–water partition coefficient (Wildman–Crippen LogP) is 0.561. The van der Waals surface area contributed by atoms with Crippen molar-refractivity contribution in [2.24, 2.45) is 5.73 Å². The van der Waals surface area contributed by atoms with Gasteiger partial charge in [-0.1, -0.05) is 0 Å². The standard InChI is InChI=1S/C11H16N4O2S/c12-11(13)5-7-15(9-3-4-9)18(16,17)10-2-1-6-14-8-10/h1-2,6,8-9H,3-5,7H2,(H3,12,13). The Labute approximate surface area is 106 Å². The third kappa shape index (κ3) is 2.85. The van der Waals surface area contributed by atoms with Crippen molar-refractivity contribution in [3.05, 3.63) is 24.5 Å². The van der Waals surface area contributed by atoms with Crippen LogP contribution in [0, 0.1) is 5.41 Å². The van der Waals surface area contributed by atoms with Crippen LogP contribution < -0.4 is 5.73 Å². The van der Waals surface area contributed by atoms with Gasteiger partial charge in [0.2, 0.25) is 10.0 Å². The Balaban J connectivity index is 2.22. The van der Waals surface area contributed by atoms with Crippen molar-refractivity contribution >= 4 is 15.9 Å². The molecule has 18 heavy (non-hydrogen) atoms. The molecule has 0 spiro atoms. The van der Waals surface area contributed by atoms with Gasteiger partial charge in [0.25, 0.3) is 0 Å². The molecule has 6 nitrogen and oxygen atoms in total. The fraction of sp³-hybridized carbons (Fsp3) is 0.455. The van der Waals surface area contributed by atoms with Crippen molar-refractivity contribution in [1.29, 1.82) is 5.41 Å². The first-order chi connectivity index (χ1) is 8.51. The Morgan fingerprint density at radius 1 is 1.56 bits per heavy atom. The van der Waals surface area contributed by atoms with Gasteiger partial charge < -0.3 is 5.73 Å². The highest BCUT2D eigenvalue weighted by atomic mass is 32.2. The number of aromatic nitrogens is 1. The number of pyridine rings is 1. The second-order valence-corrected chi connectivity index (χ2v) is 6.20. The summed E-state index contributed by atoms with van der Waals surface area (Å²) in [5.41, 5.74) is 5.29. The van der Waals surface area contributed by atoms with Crippen LogP contribution in [0.4, 0.5) is 0 Å². The predicted molar refractivity (Wildman–Crippen MR) is 67.7 cm³/mol. The van der Waals surface area contributed by atoms with Gasteiger partial charge in [-0.15, -0.1) is 0 Å². The van der Waals surface area contributed by atoms with Crippen molar-refractivity contribution in [2.75, 3.05) is 6.54 Å². The highest BCUT2D eigenvalue weighted by Gasteiger charge is 2.37. The van der Waals surface area contributed by atoms with Gasteiger partial charge in [-0.05, 0) is 25.0 Å². The van der Waals surface area contributed by atoms with E-state index >= 15 is 0 Å². The third-order valence-corrected chi connectivity index (χ3v) is 4.73. The first kappa shape index (κ1) is 13.0. The first-order valence-corrected chi connectivity index (χ1v) is 7.20. The minimum atomic E-state index is -3.51. The summed E-state index contributed by atoms with van der Waals surface area (Å²) in [5.74, 6) is 0.00189. The van der Waals surface area contributed by atoms with Gasteiger partial charge in [-0.3, -0.25) is 10.4 Å². The Bertz CT molecular complexity index is 525. The fourth-order valence-corrected chi connectivity index (χ4v) is 3.38. The van der Waals surface area contributed by atoms with E-state index in [0.29, 0.717) is 0 Å². The van der Waals surface area contributed by atoms with E-state index in [1.165, 1.54) is 22.8 Å². The van der Waals surface area contributed by atoms with Gasteiger partial charge in [0.15, 0.2) is 0 Å². The number of amidine groups is 1. The molecule has 0 atom stereocenters. The van der Waals surface area contributed by atoms with Gasteiger partial charge in [-0.2, -0.15) is 4.31 Å². The maximum atomic E-state index is 12.4. The van der Waals surface area contributed by atoms with Crippen molar-refractivity contribution in [3.63, 3.8) is 0 Å². The summed E-state index contributed by atoms with van der Waals surface area (Å²) in [6.07, 6.45) is 4.89. The van der Waals surface area contributed by atoms with Crippen molar-refractivity contribution in [1.82, 2.24) is 9.29 Å². The third-order valence-electron chi connectivity index (χ3n) is 2.80. The number of nitrogens with one attached hydrogen (secondary N) is 1. The summed E-state index contributed by atoms with van der Waals surface area (Å²) >= 11 is 0. The van der Waals surface area contributed by atoms with Crippen LogP contribution in [0.2, 0.25) is 0 Å². The van der Waals surface area contributed by atoms with Gasteiger partial charge >= 0.3 is 0 Å². The molecule has 0 bridgehead atoms. The zero-order chi connectivity index (χ0) is 13.2. The van der Waals surface area contributed by atoms with E-state index < -0.39 is 10.0 Å². The van der Waals surface area contributed by atoms with Crippen molar-refractivity contribution in [3.8, 4) is 0 Å². The molecule has 7 heteroatoms. The summed E-state index contributed by atoms with van der Waals surface area (Å²) in [6, 6.07) is 3.18. The van der Waals surface area contributed by atoms with E-state index in [1.54, 1.807) is 6.07 Å². The Morgan fingerprint density at radius 3 is 2.78 bits per heavy atom. The lowest BCUT2D eigenvalue weighted by Crippen LogP contribution is -2.35. The fourth-order valence-electron chi connectivity index (χ4n) is 1.73. The molecule has 1 aliphatic rings. The monoisotopic (exact) mass is 268 g/mol. The number of sulfonamides is 1. The van der Waals surface area contributed by atoms with E-state index in [0.717, 1.165) is 12.8 Å². The number of hydrogen-bond donors (Lipinski definition) is 2. The quantitative estimate of drug-likeness (QED) is 0.581. The maximum absolute atomic E-state index is 12.4. The molecule has 98 valence electrons. The highest BCUT2D eigenvalue weighted by Crippen LogP contribution is 2.31. The smallest absolute Gasteiger partial charge is 0.244 e. The summed E-state index contributed by atoms with van der Waals surface area (Å²) in [4.78, 5) is 4.03. The second kappa shape index (κ2) is 5.03. The lowest BCUT2D eigenvalue weighted by atomic mass is 10.4. The number of hydrogen-bond acceptors (Lipinski definition) is 4. The van der Waals surface area contributed by atoms with Crippen LogP contribution in [-0.2, 0) is 10.0 Å². The Kier molecular flexibility index (Phi) is 3.63. The zero-order valence-corrected chi connectivity index (χ0v) is 10.7. The lowest BCUT2D eigenvalue weighted by Gasteiger charge is -2.21. The molecule has 0 radical (unpaired) electrons. The number of nitrogens with zero attached hydrogens (tertiary/aromatic N) is 2. The minimum absolute atomic E-state index is 0.00189. The van der Waals surface area contributed by atoms with Crippen LogP contribution >= 0.6 is 0 Å². The molecule has 0 unspecified atom stereocenters. The Hall–Kier alpha value is -1.47. The van der Waals surface area contributed by atoms with E-state index in [-0.39, 0.29) is 29.7 Å². The van der Waals surface area contributed by atoms with E-state index in [9.17, 15) is 8.42 Å². The van der Waals surface area contributed by atoms with Crippen LogP contribution in [0.1, 0.15) is 19.3 Å². The van der Waals surface area contributed by atoms with Crippen LogP contribution in [0.25, 0.3) is 0 Å². The van der Waals surface area contributed by atoms with Gasteiger partial charge in [0.05, 0.1) is 5.84 Å². The van der Waals surface area contributed by atoms with Gasteiger partial charge in [0, 0.05) is 31.4 Å². The van der Waals surface area contributed by atoms with E-state index in [1.807, 2.05) is 0 Å². The maximum Gasteiger partial charge on any atom is 0.244 e. The molecule has 0 saturated heterocycles. The normalized spacial score (nSPS) is 15.8. The van der Waals surface area contributed by atoms with Crippen LogP contribution in [-0.4, -0.2) is 36.1 Å². The van der Waals surface area contributed by atoms with Crippen molar-refractivity contribution in [2.45, 2.75) is 30.2 Å². The summed E-state index contributed by atoms with van der Waals surface area (Å²) in [6.45, 7) is 0.261. The molecular formula is C11H16N4O2S. The molecule has 1 saturated carbocycles. The molecule has 1 heterocycles. The minimum Gasteiger partial charge on any atom is -0.388 e. The Morgan fingerprint density at radius 2 is 2.28 bits per heavy atom. The second-order valence-electron chi connectivity index (χ2n) is 4.31. The van der Waals surface area contributed by atoms with Crippen molar-refractivity contribution < 1.29 is 8.42 Å². The molecule has 1 fully saturated rings. The van der Waals surface area contributed by atoms with E-state index in [4.69, 9.17) is 11.1 Å². The molecular weight excluding hydrogens is 252 g/mol. The first-order valence-electron chi connectivity index (χ1n) is 5.76. The number of rotatable bonds is 6. The molecule has 1 aromatic rings. The lowest BCUT2D eigenvalue weighted by molar-refractivity contribution is 0.412. The summed E-state index contributed by atoms with van der Waals surface area (Å²) in [5, 5.41) is 7.20. The largest absolute Gasteiger partial charge is 0.388 e. The molecule has 1 aliphatic carbocycles. The van der Waals surface area contributed by atoms with E-state index in [2.05, 4.69) is 4.98 Å². The van der Waals surface area contributed by atoms with Crippen LogP contribution in [0.15, 0.2) is 29.4 Å². The average molecular weight is 268 g/mol. The molecule has 1 aromatic heterocycles. The zero-order valence-electron chi connectivity index (χ0n) is 9.91. The molecule has 0 amide bonds. The summed E-state index contributed by atoms with van der Waals surface area (Å²) in [7, 11) is -3.51. The number of nitrogens with two attached hydrogens (primary N) is 1. The SMILES string of the molecule is N=C(N)CCN(C1CC1)S(=O)(=O)c1cccnc1. The highest BCUT2D eigenvalue weighted by molar-refractivity contribution is 7.89. The topological polar surface area (TPSA) is 100 Å². The molecule has 0 aromatic carbocycles. The van der Waals surface area contributed by atoms with Gasteiger partial charge in [0.1, 0.15) is 4.90 Å². The molecule has 2 rings (SSSR count). The van der Waals surface area contributed by atoms with Crippen LogP contribution in [0.3, 0.4) is 0 Å². The molecule has 3 N–H and O–H groups in total. The average Bonchev–Trinajstić information content (AvgIpc) is 3.14. The van der Waals surface area contributed by atoms with Gasteiger partial charge in [-0.25, -0.2) is 8.42 Å². The summed E-state index contributed by atoms with van der Waals surface area (Å²) < 4.78 is 26.2. The molecule has 0 aliphatic heterocycles.